The van der Waals surface area contributed by atoms with E-state index < -0.39 is 0 Å². The highest BCUT2D eigenvalue weighted by Crippen LogP contribution is 2.32. The molecule has 0 aliphatic heterocycles. The van der Waals surface area contributed by atoms with E-state index in [0.29, 0.717) is 12.4 Å². The van der Waals surface area contributed by atoms with Crippen LogP contribution in [0.4, 0.5) is 0 Å². The number of nitrogens with one attached hydrogen (secondary N) is 1. The van der Waals surface area contributed by atoms with E-state index >= 15 is 0 Å². The number of H-pyrrole nitrogens is 1. The van der Waals surface area contributed by atoms with Gasteiger partial charge in [-0.25, -0.2) is 4.79 Å². The summed E-state index contributed by atoms with van der Waals surface area (Å²) in [6.45, 7) is 3.63. The molecular weight excluding hydrogens is 412 g/mol. The smallest absolute Gasteiger partial charge is 0.299 e. The van der Waals surface area contributed by atoms with E-state index in [4.69, 9.17) is 0 Å². The Hall–Kier alpha value is -3.48. The van der Waals surface area contributed by atoms with Crippen molar-refractivity contribution >= 4 is 0 Å². The molecule has 2 aromatic carbocycles. The Morgan fingerprint density at radius 3 is 2.55 bits per heavy atom. The molecule has 0 radical (unpaired) electrons. The van der Waals surface area contributed by atoms with Crippen molar-refractivity contribution in [2.75, 3.05) is 0 Å². The first-order chi connectivity index (χ1) is 16.2. The van der Waals surface area contributed by atoms with E-state index in [-0.39, 0.29) is 5.69 Å². The third kappa shape index (κ3) is 4.82. The summed E-state index contributed by atoms with van der Waals surface area (Å²) in [6, 6.07) is 16.5. The van der Waals surface area contributed by atoms with Gasteiger partial charge >= 0.3 is 5.69 Å². The molecule has 2 aromatic heterocycles. The number of aryl methyl sites for hydroxylation is 2. The minimum atomic E-state index is 0.119. The van der Waals surface area contributed by atoms with Crippen LogP contribution in [0.15, 0.2) is 59.5 Å². The normalized spacial score (nSPS) is 13.5. The molecule has 170 valence electrons. The van der Waals surface area contributed by atoms with Crippen molar-refractivity contribution in [1.29, 1.82) is 0 Å². The number of aromatic amines is 1. The third-order valence-electron chi connectivity index (χ3n) is 6.51. The maximum absolute atomic E-state index is 13.2. The van der Waals surface area contributed by atoms with Gasteiger partial charge in [-0.3, -0.25) is 9.13 Å². The fourth-order valence-electron chi connectivity index (χ4n) is 4.38. The highest BCUT2D eigenvalue weighted by Gasteiger charge is 2.21. The highest BCUT2D eigenvalue weighted by atomic mass is 16.1. The Morgan fingerprint density at radius 2 is 1.85 bits per heavy atom. The van der Waals surface area contributed by atoms with Gasteiger partial charge in [0.05, 0.1) is 6.54 Å². The molecule has 7 nitrogen and oxygen atoms in total. The van der Waals surface area contributed by atoms with Crippen LogP contribution < -0.4 is 5.69 Å². The van der Waals surface area contributed by atoms with Crippen molar-refractivity contribution in [3.8, 4) is 22.5 Å². The first kappa shape index (κ1) is 21.4. The Kier molecular flexibility index (Phi) is 6.19. The van der Waals surface area contributed by atoms with E-state index in [1.807, 2.05) is 27.3 Å². The predicted molar refractivity (Wildman–Crippen MR) is 129 cm³/mol. The molecule has 0 amide bonds. The summed E-state index contributed by atoms with van der Waals surface area (Å²) < 4.78 is 3.89. The summed E-state index contributed by atoms with van der Waals surface area (Å²) in [7, 11) is 0. The summed E-state index contributed by atoms with van der Waals surface area (Å²) in [5.41, 5.74) is 5.45. The summed E-state index contributed by atoms with van der Waals surface area (Å²) in [4.78, 5) is 13.2. The van der Waals surface area contributed by atoms with Gasteiger partial charge in [-0.2, -0.15) is 5.21 Å². The van der Waals surface area contributed by atoms with Crippen LogP contribution in [-0.2, 0) is 19.5 Å². The van der Waals surface area contributed by atoms with E-state index in [2.05, 4.69) is 64.1 Å². The van der Waals surface area contributed by atoms with Gasteiger partial charge in [0.1, 0.15) is 0 Å². The molecular formula is C26H30N6O. The third-order valence-corrected chi connectivity index (χ3v) is 6.51. The lowest BCUT2D eigenvalue weighted by atomic mass is 9.98. The minimum Gasteiger partial charge on any atom is -0.299 e. The Morgan fingerprint density at radius 1 is 1.06 bits per heavy atom. The molecule has 1 aliphatic rings. The summed E-state index contributed by atoms with van der Waals surface area (Å²) in [5, 5.41) is 14.5. The summed E-state index contributed by atoms with van der Waals surface area (Å²) >= 11 is 0. The molecule has 1 saturated carbocycles. The summed E-state index contributed by atoms with van der Waals surface area (Å²) in [5.74, 6) is 1.40. The van der Waals surface area contributed by atoms with Gasteiger partial charge in [-0.15, -0.1) is 10.2 Å². The zero-order valence-corrected chi connectivity index (χ0v) is 19.1. The summed E-state index contributed by atoms with van der Waals surface area (Å²) in [6.07, 6.45) is 9.01. The number of tetrazole rings is 1. The van der Waals surface area contributed by atoms with Crippen LogP contribution in [0, 0.1) is 5.92 Å². The second-order valence-corrected chi connectivity index (χ2v) is 9.00. The zero-order valence-electron chi connectivity index (χ0n) is 19.1. The van der Waals surface area contributed by atoms with Gasteiger partial charge in [0.15, 0.2) is 0 Å². The van der Waals surface area contributed by atoms with Crippen LogP contribution in [0.3, 0.4) is 0 Å². The Bertz CT molecular complexity index is 1250. The number of aromatic nitrogens is 6. The van der Waals surface area contributed by atoms with Crippen LogP contribution in [-0.4, -0.2) is 29.8 Å². The largest absolute Gasteiger partial charge is 0.328 e. The number of benzene rings is 2. The fraction of sp³-hybridized carbons (Fsp3) is 0.385. The minimum absolute atomic E-state index is 0.119. The molecule has 0 atom stereocenters. The van der Waals surface area contributed by atoms with Crippen LogP contribution in [0.5, 0.6) is 0 Å². The van der Waals surface area contributed by atoms with Crippen LogP contribution in [0.1, 0.15) is 50.3 Å². The van der Waals surface area contributed by atoms with Gasteiger partial charge in [0.2, 0.25) is 5.82 Å². The van der Waals surface area contributed by atoms with E-state index in [1.54, 1.807) is 0 Å². The van der Waals surface area contributed by atoms with Crippen LogP contribution in [0.25, 0.3) is 22.5 Å². The van der Waals surface area contributed by atoms with Crippen LogP contribution in [0.2, 0.25) is 0 Å². The van der Waals surface area contributed by atoms with E-state index in [1.165, 1.54) is 12.8 Å². The van der Waals surface area contributed by atoms with E-state index in [9.17, 15) is 4.79 Å². The fourth-order valence-corrected chi connectivity index (χ4v) is 4.38. The van der Waals surface area contributed by atoms with Crippen molar-refractivity contribution in [1.82, 2.24) is 29.8 Å². The standard InChI is InChI=1S/C26H30N6O/c1-2-3-6-22-18-31(16-15-19-9-10-19)26(33)32(22)17-20-11-13-21(14-12-20)23-7-4-5-8-24(23)25-27-29-30-28-25/h4-5,7-8,11-14,18-19H,2-3,6,9-10,15-17H2,1H3,(H,27,28,29,30). The maximum atomic E-state index is 13.2. The van der Waals surface area contributed by atoms with Crippen molar-refractivity contribution < 1.29 is 0 Å². The monoisotopic (exact) mass is 442 g/mol. The lowest BCUT2D eigenvalue weighted by Gasteiger charge is -2.10. The number of hydrogen-bond acceptors (Lipinski definition) is 4. The molecule has 2 heterocycles. The SMILES string of the molecule is CCCCc1cn(CCC2CC2)c(=O)n1Cc1ccc(-c2ccccc2-c2nn[nH]n2)cc1. The van der Waals surface area contributed by atoms with Gasteiger partial charge in [0, 0.05) is 24.0 Å². The van der Waals surface area contributed by atoms with Crippen molar-refractivity contribution in [2.24, 2.45) is 5.92 Å². The quantitative estimate of drug-likeness (QED) is 0.386. The Labute approximate surface area is 193 Å². The molecule has 0 saturated heterocycles. The first-order valence-electron chi connectivity index (χ1n) is 11.9. The average molecular weight is 443 g/mol. The molecule has 4 aromatic rings. The van der Waals surface area contributed by atoms with Crippen molar-refractivity contribution in [2.45, 2.75) is 58.5 Å². The number of unbranched alkanes of at least 4 members (excludes halogenated alkanes) is 1. The Balaban J connectivity index is 1.39. The molecule has 0 spiro atoms. The number of imidazole rings is 1. The lowest BCUT2D eigenvalue weighted by Crippen LogP contribution is -2.25. The molecule has 1 fully saturated rings. The molecule has 1 N–H and O–H groups in total. The van der Waals surface area contributed by atoms with Gasteiger partial charge < -0.3 is 0 Å². The van der Waals surface area contributed by atoms with Crippen molar-refractivity contribution in [3.63, 3.8) is 0 Å². The van der Waals surface area contributed by atoms with Gasteiger partial charge in [0.25, 0.3) is 0 Å². The number of rotatable bonds is 10. The molecule has 1 aliphatic carbocycles. The first-order valence-corrected chi connectivity index (χ1v) is 11.9. The number of nitrogens with zero attached hydrogens (tertiary/aromatic N) is 5. The van der Waals surface area contributed by atoms with Gasteiger partial charge in [-0.05, 0) is 47.1 Å². The lowest BCUT2D eigenvalue weighted by molar-refractivity contribution is 0.567. The van der Waals surface area contributed by atoms with Crippen LogP contribution >= 0.6 is 0 Å². The van der Waals surface area contributed by atoms with Crippen molar-refractivity contribution in [3.05, 3.63) is 76.5 Å². The molecule has 0 unspecified atom stereocenters. The molecule has 33 heavy (non-hydrogen) atoms. The zero-order chi connectivity index (χ0) is 22.6. The van der Waals surface area contributed by atoms with Gasteiger partial charge in [-0.1, -0.05) is 74.7 Å². The second-order valence-electron chi connectivity index (χ2n) is 9.00. The predicted octanol–water partition coefficient (Wildman–Crippen LogP) is 4.69. The topological polar surface area (TPSA) is 81.4 Å². The molecule has 7 heteroatoms. The maximum Gasteiger partial charge on any atom is 0.328 e. The molecule has 0 bridgehead atoms. The number of hydrogen-bond donors (Lipinski definition) is 1. The highest BCUT2D eigenvalue weighted by molar-refractivity contribution is 5.80. The molecule has 5 rings (SSSR count). The van der Waals surface area contributed by atoms with E-state index in [0.717, 1.165) is 66.1 Å². The average Bonchev–Trinajstić information content (AvgIpc) is 3.42. The second kappa shape index (κ2) is 9.57.